The van der Waals surface area contributed by atoms with Crippen molar-refractivity contribution in [2.45, 2.75) is 56.5 Å². The number of hydrogen-bond donors (Lipinski definition) is 1. The number of carbonyl (C=O) groups is 1. The van der Waals surface area contributed by atoms with Gasteiger partial charge in [-0.2, -0.15) is 4.68 Å². The maximum absolute atomic E-state index is 13.4. The summed E-state index contributed by atoms with van der Waals surface area (Å²) in [6.07, 6.45) is 3.93. The number of hydrogen-bond acceptors (Lipinski definition) is 5. The fourth-order valence-corrected chi connectivity index (χ4v) is 5.32. The predicted molar refractivity (Wildman–Crippen MR) is 135 cm³/mol. The van der Waals surface area contributed by atoms with Crippen LogP contribution in [0.15, 0.2) is 64.5 Å². The molecule has 0 fully saturated rings. The van der Waals surface area contributed by atoms with Crippen LogP contribution >= 0.6 is 11.8 Å². The van der Waals surface area contributed by atoms with E-state index in [1.807, 2.05) is 68.4 Å². The minimum Gasteiger partial charge on any atom is -0.325 e. The molecule has 3 aliphatic rings. The molecule has 0 aliphatic carbocycles. The number of amides is 1. The molecule has 3 aliphatic heterocycles. The molecule has 1 atom stereocenters. The van der Waals surface area contributed by atoms with Crippen molar-refractivity contribution in [2.75, 3.05) is 5.32 Å². The van der Waals surface area contributed by atoms with E-state index in [1.165, 1.54) is 16.4 Å². The average Bonchev–Trinajstić information content (AvgIpc) is 2.99. The smallest absolute Gasteiger partial charge is 0.284 e. The first kappa shape index (κ1) is 22.4. The van der Waals surface area contributed by atoms with E-state index in [1.54, 1.807) is 0 Å². The van der Waals surface area contributed by atoms with Crippen molar-refractivity contribution in [3.63, 3.8) is 0 Å². The summed E-state index contributed by atoms with van der Waals surface area (Å²) in [4.78, 5) is 31.1. The van der Waals surface area contributed by atoms with E-state index >= 15 is 0 Å². The molecule has 174 valence electrons. The van der Waals surface area contributed by atoms with Gasteiger partial charge in [-0.25, -0.2) is 4.98 Å². The number of para-hydroxylation sites is 1. The van der Waals surface area contributed by atoms with E-state index in [0.717, 1.165) is 60.0 Å². The lowest BCUT2D eigenvalue weighted by Crippen LogP contribution is -2.24. The Kier molecular flexibility index (Phi) is 6.24. The number of aromatic nitrogens is 4. The Hall–Kier alpha value is -3.39. The van der Waals surface area contributed by atoms with E-state index in [9.17, 15) is 9.59 Å². The molecule has 0 bridgehead atoms. The Bertz CT molecular complexity index is 1360. The third-order valence-corrected chi connectivity index (χ3v) is 7.19. The molecule has 0 aromatic heterocycles. The second kappa shape index (κ2) is 9.46. The lowest BCUT2D eigenvalue weighted by Gasteiger charge is -2.19. The molecule has 2 aromatic rings. The number of nitrogens with zero attached hydrogens (tertiary/aromatic N) is 4. The summed E-state index contributed by atoms with van der Waals surface area (Å²) in [6, 6.07) is 17.2. The average molecular weight is 474 g/mol. The second-order valence-corrected chi connectivity index (χ2v) is 9.98. The number of carbonyl (C=O) groups excluding carboxylic acids is 1. The van der Waals surface area contributed by atoms with Crippen molar-refractivity contribution in [1.82, 2.24) is 19.3 Å². The third-order valence-electron chi connectivity index (χ3n) is 6.10. The molecule has 2 aromatic carbocycles. The highest BCUT2D eigenvalue weighted by atomic mass is 32.2. The number of anilines is 1. The van der Waals surface area contributed by atoms with Gasteiger partial charge in [0.1, 0.15) is 5.56 Å². The van der Waals surface area contributed by atoms with Crippen LogP contribution in [0.1, 0.15) is 37.4 Å². The summed E-state index contributed by atoms with van der Waals surface area (Å²) in [6.45, 7) is 4.66. The number of benzene rings is 2. The van der Waals surface area contributed by atoms with Gasteiger partial charge < -0.3 is 9.88 Å². The van der Waals surface area contributed by atoms with Crippen LogP contribution in [0.5, 0.6) is 0 Å². The Balaban J connectivity index is 1.52. The monoisotopic (exact) mass is 473 g/mol. The van der Waals surface area contributed by atoms with Gasteiger partial charge in [0.15, 0.2) is 11.0 Å². The van der Waals surface area contributed by atoms with Gasteiger partial charge in [-0.1, -0.05) is 48.5 Å². The third kappa shape index (κ3) is 4.37. The first-order chi connectivity index (χ1) is 16.5. The summed E-state index contributed by atoms with van der Waals surface area (Å²) in [7, 11) is 0. The van der Waals surface area contributed by atoms with Crippen molar-refractivity contribution in [3.05, 3.63) is 76.2 Å². The van der Waals surface area contributed by atoms with E-state index in [0.29, 0.717) is 11.4 Å². The maximum atomic E-state index is 13.4. The lowest BCUT2D eigenvalue weighted by atomic mass is 10.1. The molecule has 8 heteroatoms. The number of aryl methyl sites for hydroxylation is 1. The zero-order valence-electron chi connectivity index (χ0n) is 19.3. The van der Waals surface area contributed by atoms with Gasteiger partial charge in [-0.05, 0) is 62.9 Å². The van der Waals surface area contributed by atoms with E-state index < -0.39 is 0 Å². The zero-order valence-corrected chi connectivity index (χ0v) is 20.1. The SMILES string of the molecule is Cc1cccc(NC(=O)C(C)Sc2nc3nn(-c4ccccc4)c(=O)c-3c3n2CCCCC3)c1. The summed E-state index contributed by atoms with van der Waals surface area (Å²) in [5.74, 6) is 0.357. The molecule has 0 spiro atoms. The number of thioether (sulfide) groups is 1. The van der Waals surface area contributed by atoms with E-state index in [4.69, 9.17) is 4.98 Å². The largest absolute Gasteiger partial charge is 0.325 e. The minimum absolute atomic E-state index is 0.0835. The highest BCUT2D eigenvalue weighted by Gasteiger charge is 2.28. The molecule has 0 radical (unpaired) electrons. The van der Waals surface area contributed by atoms with Gasteiger partial charge in [0, 0.05) is 17.9 Å². The van der Waals surface area contributed by atoms with Crippen LogP contribution in [-0.4, -0.2) is 30.5 Å². The van der Waals surface area contributed by atoms with Gasteiger partial charge in [0.25, 0.3) is 5.56 Å². The molecular weight excluding hydrogens is 446 g/mol. The highest BCUT2D eigenvalue weighted by Crippen LogP contribution is 2.32. The van der Waals surface area contributed by atoms with Crippen LogP contribution in [0.2, 0.25) is 0 Å². The standard InChI is InChI=1S/C26H27N5O2S/c1-17-10-9-11-19(16-17)27-24(32)18(2)34-26-28-23-22(21-14-7-4-8-15-30(21)26)25(33)31(29-23)20-12-5-3-6-13-20/h3,5-6,9-13,16,18H,4,7-8,14-15H2,1-2H3,(H,27,32). The van der Waals surface area contributed by atoms with Crippen LogP contribution in [0.4, 0.5) is 5.69 Å². The minimum atomic E-state index is -0.367. The normalized spacial score (nSPS) is 14.4. The van der Waals surface area contributed by atoms with Gasteiger partial charge in [-0.15, -0.1) is 5.10 Å². The molecule has 0 saturated heterocycles. The number of rotatable bonds is 5. The van der Waals surface area contributed by atoms with Gasteiger partial charge in [0.2, 0.25) is 5.91 Å². The fourth-order valence-electron chi connectivity index (χ4n) is 4.37. The Morgan fingerprint density at radius 3 is 2.71 bits per heavy atom. The first-order valence-corrected chi connectivity index (χ1v) is 12.5. The second-order valence-electron chi connectivity index (χ2n) is 8.67. The van der Waals surface area contributed by atoms with E-state index in [-0.39, 0.29) is 16.7 Å². The topological polar surface area (TPSA) is 81.8 Å². The molecule has 1 unspecified atom stereocenters. The number of nitrogens with one attached hydrogen (secondary N) is 1. The molecule has 7 nitrogen and oxygen atoms in total. The molecule has 1 amide bonds. The summed E-state index contributed by atoms with van der Waals surface area (Å²) < 4.78 is 3.57. The quantitative estimate of drug-likeness (QED) is 0.336. The molecule has 0 saturated carbocycles. The van der Waals surface area contributed by atoms with Crippen LogP contribution in [-0.2, 0) is 17.8 Å². The Labute approximate surface area is 202 Å². The van der Waals surface area contributed by atoms with Gasteiger partial charge in [0.05, 0.1) is 10.9 Å². The van der Waals surface area contributed by atoms with Crippen molar-refractivity contribution in [1.29, 1.82) is 0 Å². The van der Waals surface area contributed by atoms with Crippen molar-refractivity contribution in [3.8, 4) is 17.1 Å². The van der Waals surface area contributed by atoms with Crippen LogP contribution in [0, 0.1) is 6.92 Å². The molecule has 3 heterocycles. The van der Waals surface area contributed by atoms with Crippen molar-refractivity contribution in [2.24, 2.45) is 0 Å². The molecule has 34 heavy (non-hydrogen) atoms. The lowest BCUT2D eigenvalue weighted by molar-refractivity contribution is -0.115. The highest BCUT2D eigenvalue weighted by molar-refractivity contribution is 8.00. The van der Waals surface area contributed by atoms with Gasteiger partial charge >= 0.3 is 0 Å². The summed E-state index contributed by atoms with van der Waals surface area (Å²) >= 11 is 1.41. The molecular formula is C26H27N5O2S. The summed E-state index contributed by atoms with van der Waals surface area (Å²) in [5, 5.41) is 7.94. The zero-order chi connectivity index (χ0) is 23.7. The van der Waals surface area contributed by atoms with Crippen molar-refractivity contribution >= 4 is 23.4 Å². The van der Waals surface area contributed by atoms with Crippen molar-refractivity contribution < 1.29 is 4.79 Å². The summed E-state index contributed by atoms with van der Waals surface area (Å²) in [5.41, 5.74) is 4.02. The maximum Gasteiger partial charge on any atom is 0.284 e. The van der Waals surface area contributed by atoms with Crippen LogP contribution in [0.25, 0.3) is 17.1 Å². The molecule has 5 rings (SSSR count). The molecule has 1 N–H and O–H groups in total. The Morgan fingerprint density at radius 1 is 1.09 bits per heavy atom. The Morgan fingerprint density at radius 2 is 1.91 bits per heavy atom. The van der Waals surface area contributed by atoms with Crippen LogP contribution < -0.4 is 10.9 Å². The van der Waals surface area contributed by atoms with E-state index in [2.05, 4.69) is 15.0 Å². The predicted octanol–water partition coefficient (Wildman–Crippen LogP) is 4.69. The van der Waals surface area contributed by atoms with Gasteiger partial charge in [-0.3, -0.25) is 9.59 Å². The fraction of sp³-hybridized carbons (Fsp3) is 0.308. The number of fused-ring (bicyclic) bond motifs is 3. The first-order valence-electron chi connectivity index (χ1n) is 11.6. The van der Waals surface area contributed by atoms with Crippen LogP contribution in [0.3, 0.4) is 0 Å².